The third kappa shape index (κ3) is 2.70. The van der Waals surface area contributed by atoms with Crippen molar-refractivity contribution in [2.24, 2.45) is 5.92 Å². The highest BCUT2D eigenvalue weighted by atomic mass is 32.2. The number of rotatable bonds is 2. The van der Waals surface area contributed by atoms with Crippen LogP contribution in [0.3, 0.4) is 0 Å². The van der Waals surface area contributed by atoms with Crippen molar-refractivity contribution in [3.05, 3.63) is 29.8 Å². The third-order valence-electron chi connectivity index (χ3n) is 4.76. The van der Waals surface area contributed by atoms with E-state index in [4.69, 9.17) is 5.26 Å². The van der Waals surface area contributed by atoms with Gasteiger partial charge in [0.25, 0.3) is 0 Å². The van der Waals surface area contributed by atoms with E-state index >= 15 is 0 Å². The van der Waals surface area contributed by atoms with Crippen LogP contribution in [0.1, 0.15) is 44.1 Å². The average Bonchev–Trinajstić information content (AvgIpc) is 2.54. The first-order valence-corrected chi connectivity index (χ1v) is 9.09. The Morgan fingerprint density at radius 2 is 1.90 bits per heavy atom. The van der Waals surface area contributed by atoms with Gasteiger partial charge in [-0.3, -0.25) is 0 Å². The smallest absolute Gasteiger partial charge is 0.207 e. The van der Waals surface area contributed by atoms with Gasteiger partial charge >= 0.3 is 0 Å². The van der Waals surface area contributed by atoms with E-state index in [0.717, 1.165) is 32.1 Å². The molecule has 112 valence electrons. The molecule has 0 aromatic heterocycles. The van der Waals surface area contributed by atoms with Gasteiger partial charge in [0.2, 0.25) is 10.0 Å². The van der Waals surface area contributed by atoms with E-state index in [1.54, 1.807) is 22.5 Å². The van der Waals surface area contributed by atoms with Crippen LogP contribution >= 0.6 is 0 Å². The second-order valence-corrected chi connectivity index (χ2v) is 7.90. The number of fused-ring (bicyclic) bond motifs is 1. The fraction of sp³-hybridized carbons (Fsp3) is 0.562. The number of hydrogen-bond acceptors (Lipinski definition) is 3. The van der Waals surface area contributed by atoms with Crippen LogP contribution < -0.4 is 0 Å². The fourth-order valence-electron chi connectivity index (χ4n) is 3.74. The highest BCUT2D eigenvalue weighted by molar-refractivity contribution is 7.89. The Morgan fingerprint density at radius 3 is 2.71 bits per heavy atom. The largest absolute Gasteiger partial charge is 0.243 e. The standard InChI is InChI=1S/C16H20N2O2S/c17-12-13-5-3-8-15(11-13)21(19,20)18-10-4-7-14-6-1-2-9-16(14)18/h3,5,8,11,14,16H,1-2,4,6-7,9-10H2/t14-,16-/m0/s1. The molecule has 21 heavy (non-hydrogen) atoms. The van der Waals surface area contributed by atoms with E-state index in [2.05, 4.69) is 0 Å². The first-order chi connectivity index (χ1) is 10.1. The van der Waals surface area contributed by atoms with Crippen LogP contribution in [-0.4, -0.2) is 25.3 Å². The molecule has 0 unspecified atom stereocenters. The van der Waals surface area contributed by atoms with Crippen molar-refractivity contribution in [1.29, 1.82) is 5.26 Å². The molecule has 4 nitrogen and oxygen atoms in total. The number of sulfonamides is 1. The lowest BCUT2D eigenvalue weighted by Gasteiger charge is -2.43. The van der Waals surface area contributed by atoms with Crippen LogP contribution in [0.2, 0.25) is 0 Å². The molecular formula is C16H20N2O2S. The van der Waals surface area contributed by atoms with Gasteiger partial charge in [-0.2, -0.15) is 9.57 Å². The fourth-order valence-corrected chi connectivity index (χ4v) is 5.54. The van der Waals surface area contributed by atoms with Crippen LogP contribution in [0.5, 0.6) is 0 Å². The summed E-state index contributed by atoms with van der Waals surface area (Å²) in [5, 5.41) is 8.97. The molecule has 2 fully saturated rings. The monoisotopic (exact) mass is 304 g/mol. The highest BCUT2D eigenvalue weighted by Crippen LogP contribution is 2.38. The topological polar surface area (TPSA) is 61.2 Å². The van der Waals surface area contributed by atoms with Crippen molar-refractivity contribution in [3.63, 3.8) is 0 Å². The summed E-state index contributed by atoms with van der Waals surface area (Å²) in [6.07, 6.45) is 6.55. The molecule has 0 spiro atoms. The summed E-state index contributed by atoms with van der Waals surface area (Å²) >= 11 is 0. The minimum Gasteiger partial charge on any atom is -0.207 e. The predicted octanol–water partition coefficient (Wildman–Crippen LogP) is 2.90. The van der Waals surface area contributed by atoms with Crippen molar-refractivity contribution in [1.82, 2.24) is 4.31 Å². The number of hydrogen-bond donors (Lipinski definition) is 0. The van der Waals surface area contributed by atoms with Crippen LogP contribution in [-0.2, 0) is 10.0 Å². The molecule has 0 bridgehead atoms. The van der Waals surface area contributed by atoms with Gasteiger partial charge in [0.15, 0.2) is 0 Å². The zero-order chi connectivity index (χ0) is 14.9. The Labute approximate surface area is 126 Å². The molecule has 1 heterocycles. The molecule has 0 amide bonds. The molecule has 3 rings (SSSR count). The Morgan fingerprint density at radius 1 is 1.14 bits per heavy atom. The molecule has 0 radical (unpaired) electrons. The zero-order valence-electron chi connectivity index (χ0n) is 12.0. The Kier molecular flexibility index (Phi) is 4.01. The van der Waals surface area contributed by atoms with Crippen molar-refractivity contribution in [3.8, 4) is 6.07 Å². The first kappa shape index (κ1) is 14.6. The maximum Gasteiger partial charge on any atom is 0.243 e. The second-order valence-electron chi connectivity index (χ2n) is 6.01. The van der Waals surface area contributed by atoms with Crippen LogP contribution in [0.15, 0.2) is 29.2 Å². The van der Waals surface area contributed by atoms with E-state index in [1.165, 1.54) is 12.5 Å². The lowest BCUT2D eigenvalue weighted by molar-refractivity contribution is 0.129. The summed E-state index contributed by atoms with van der Waals surface area (Å²) in [5.41, 5.74) is 0.397. The van der Waals surface area contributed by atoms with Gasteiger partial charge in [-0.05, 0) is 49.8 Å². The predicted molar refractivity (Wildman–Crippen MR) is 80.0 cm³/mol. The van der Waals surface area contributed by atoms with E-state index in [-0.39, 0.29) is 10.9 Å². The summed E-state index contributed by atoms with van der Waals surface area (Å²) in [7, 11) is -3.48. The van der Waals surface area contributed by atoms with Crippen molar-refractivity contribution < 1.29 is 8.42 Å². The SMILES string of the molecule is N#Cc1cccc(S(=O)(=O)N2CCC[C@@H]3CCCC[C@@H]32)c1. The molecule has 1 aliphatic heterocycles. The average molecular weight is 304 g/mol. The number of nitrogens with zero attached hydrogens (tertiary/aromatic N) is 2. The molecule has 5 heteroatoms. The van der Waals surface area contributed by atoms with Crippen LogP contribution in [0.25, 0.3) is 0 Å². The lowest BCUT2D eigenvalue weighted by atomic mass is 9.79. The third-order valence-corrected chi connectivity index (χ3v) is 6.68. The van der Waals surface area contributed by atoms with E-state index in [9.17, 15) is 8.42 Å². The summed E-state index contributed by atoms with van der Waals surface area (Å²) in [6.45, 7) is 0.611. The van der Waals surface area contributed by atoms with Gasteiger partial charge in [-0.25, -0.2) is 8.42 Å². The summed E-state index contributed by atoms with van der Waals surface area (Å²) in [6, 6.07) is 8.54. The van der Waals surface area contributed by atoms with Gasteiger partial charge in [-0.1, -0.05) is 18.9 Å². The van der Waals surface area contributed by atoms with Gasteiger partial charge in [0, 0.05) is 12.6 Å². The molecule has 1 saturated carbocycles. The Bertz CT molecular complexity index is 661. The normalized spacial score (nSPS) is 26.8. The maximum atomic E-state index is 12.9. The van der Waals surface area contributed by atoms with Crippen molar-refractivity contribution >= 4 is 10.0 Å². The quantitative estimate of drug-likeness (QED) is 0.844. The van der Waals surface area contributed by atoms with Crippen LogP contribution in [0.4, 0.5) is 0 Å². The van der Waals surface area contributed by atoms with Gasteiger partial charge < -0.3 is 0 Å². The van der Waals surface area contributed by atoms with E-state index in [1.807, 2.05) is 6.07 Å². The molecule has 1 saturated heterocycles. The number of nitriles is 1. The van der Waals surface area contributed by atoms with Crippen molar-refractivity contribution in [2.75, 3.05) is 6.54 Å². The van der Waals surface area contributed by atoms with Gasteiger partial charge in [-0.15, -0.1) is 0 Å². The summed E-state index contributed by atoms with van der Waals surface area (Å²) < 4.78 is 27.6. The minimum absolute atomic E-state index is 0.156. The van der Waals surface area contributed by atoms with Gasteiger partial charge in [0.05, 0.1) is 16.5 Å². The minimum atomic E-state index is -3.48. The van der Waals surface area contributed by atoms with Crippen LogP contribution in [0, 0.1) is 17.2 Å². The Hall–Kier alpha value is -1.38. The second kappa shape index (κ2) is 5.78. The molecule has 2 aliphatic rings. The molecule has 2 atom stereocenters. The first-order valence-electron chi connectivity index (χ1n) is 7.65. The summed E-state index contributed by atoms with van der Waals surface area (Å²) in [4.78, 5) is 0.257. The highest BCUT2D eigenvalue weighted by Gasteiger charge is 2.39. The molecular weight excluding hydrogens is 284 g/mol. The van der Waals surface area contributed by atoms with E-state index in [0.29, 0.717) is 18.0 Å². The Balaban J connectivity index is 1.94. The van der Waals surface area contributed by atoms with E-state index < -0.39 is 10.0 Å². The lowest BCUT2D eigenvalue weighted by Crippen LogP contribution is -2.49. The number of piperidine rings is 1. The summed E-state index contributed by atoms with van der Waals surface area (Å²) in [5.74, 6) is 0.515. The zero-order valence-corrected chi connectivity index (χ0v) is 12.8. The van der Waals surface area contributed by atoms with Crippen molar-refractivity contribution in [2.45, 2.75) is 49.5 Å². The molecule has 1 aromatic carbocycles. The molecule has 0 N–H and O–H groups in total. The molecule has 1 aliphatic carbocycles. The molecule has 1 aromatic rings. The maximum absolute atomic E-state index is 12.9. The number of benzene rings is 1. The van der Waals surface area contributed by atoms with Gasteiger partial charge in [0.1, 0.15) is 0 Å².